The van der Waals surface area contributed by atoms with Crippen LogP contribution in [0.3, 0.4) is 0 Å². The number of hydrogen-bond acceptors (Lipinski definition) is 3. The Bertz CT molecular complexity index is 884. The van der Waals surface area contributed by atoms with Gasteiger partial charge in [-0.05, 0) is 51.0 Å². The Kier molecular flexibility index (Phi) is 4.94. The molecule has 4 heteroatoms. The molecule has 0 radical (unpaired) electrons. The van der Waals surface area contributed by atoms with Crippen LogP contribution in [-0.4, -0.2) is 29.8 Å². The maximum absolute atomic E-state index is 13.1. The minimum atomic E-state index is -0.224. The number of imide groups is 1. The second-order valence-corrected chi connectivity index (χ2v) is 6.48. The van der Waals surface area contributed by atoms with Gasteiger partial charge >= 0.3 is 0 Å². The molecular formula is C22H24N2O2. The molecule has 2 aromatic carbocycles. The van der Waals surface area contributed by atoms with Crippen LogP contribution < -0.4 is 4.90 Å². The molecule has 1 aliphatic heterocycles. The lowest BCUT2D eigenvalue weighted by molar-refractivity contribution is -0.136. The van der Waals surface area contributed by atoms with E-state index < -0.39 is 0 Å². The van der Waals surface area contributed by atoms with E-state index in [1.54, 1.807) is 0 Å². The Morgan fingerprint density at radius 1 is 0.923 bits per heavy atom. The molecule has 0 atom stereocenters. The highest BCUT2D eigenvalue weighted by Crippen LogP contribution is 2.35. The van der Waals surface area contributed by atoms with Gasteiger partial charge in [-0.15, -0.1) is 0 Å². The fourth-order valence-electron chi connectivity index (χ4n) is 3.52. The molecule has 2 amide bonds. The number of nitrogens with zero attached hydrogens (tertiary/aromatic N) is 2. The Morgan fingerprint density at radius 2 is 1.62 bits per heavy atom. The van der Waals surface area contributed by atoms with Gasteiger partial charge < -0.3 is 4.90 Å². The first kappa shape index (κ1) is 17.9. The number of likely N-dealkylation sites (N-methyl/N-ethyl adjacent to an activating group) is 2. The topological polar surface area (TPSA) is 40.6 Å². The van der Waals surface area contributed by atoms with Crippen LogP contribution in [0.4, 0.5) is 5.69 Å². The summed E-state index contributed by atoms with van der Waals surface area (Å²) in [5, 5.41) is 0. The second-order valence-electron chi connectivity index (χ2n) is 6.48. The monoisotopic (exact) mass is 348 g/mol. The van der Waals surface area contributed by atoms with Crippen molar-refractivity contribution in [1.29, 1.82) is 0 Å². The Balaban J connectivity index is 2.25. The molecule has 0 saturated carbocycles. The van der Waals surface area contributed by atoms with E-state index in [9.17, 15) is 9.59 Å². The van der Waals surface area contributed by atoms with E-state index >= 15 is 0 Å². The van der Waals surface area contributed by atoms with Crippen LogP contribution in [0, 0.1) is 13.8 Å². The van der Waals surface area contributed by atoms with Crippen molar-refractivity contribution in [3.63, 3.8) is 0 Å². The molecule has 26 heavy (non-hydrogen) atoms. The first-order valence-electron chi connectivity index (χ1n) is 9.00. The summed E-state index contributed by atoms with van der Waals surface area (Å²) in [4.78, 5) is 29.4. The molecule has 0 spiro atoms. The lowest BCUT2D eigenvalue weighted by atomic mass is 9.97. The summed E-state index contributed by atoms with van der Waals surface area (Å²) in [5.41, 5.74) is 4.84. The van der Waals surface area contributed by atoms with E-state index in [0.717, 1.165) is 22.4 Å². The van der Waals surface area contributed by atoms with Crippen LogP contribution in [0.25, 0.3) is 5.57 Å². The number of carbonyl (C=O) groups excluding carboxylic acids is 2. The minimum Gasteiger partial charge on any atom is -0.337 e. The van der Waals surface area contributed by atoms with Gasteiger partial charge in [0.1, 0.15) is 5.70 Å². The molecule has 0 fully saturated rings. The molecular weight excluding hydrogens is 324 g/mol. The molecule has 0 N–H and O–H groups in total. The van der Waals surface area contributed by atoms with Crippen molar-refractivity contribution >= 4 is 23.1 Å². The maximum atomic E-state index is 13.1. The number of rotatable bonds is 5. The van der Waals surface area contributed by atoms with Gasteiger partial charge in [0.2, 0.25) is 0 Å². The summed E-state index contributed by atoms with van der Waals surface area (Å²) in [7, 11) is 0. The molecule has 0 bridgehead atoms. The highest BCUT2D eigenvalue weighted by atomic mass is 16.2. The Hall–Kier alpha value is -2.88. The third-order valence-electron chi connectivity index (χ3n) is 4.77. The zero-order chi connectivity index (χ0) is 18.8. The first-order valence-corrected chi connectivity index (χ1v) is 9.00. The molecule has 1 heterocycles. The summed E-state index contributed by atoms with van der Waals surface area (Å²) < 4.78 is 0. The van der Waals surface area contributed by atoms with E-state index in [1.807, 2.05) is 81.1 Å². The van der Waals surface area contributed by atoms with Gasteiger partial charge in [-0.25, -0.2) is 0 Å². The van der Waals surface area contributed by atoms with Crippen molar-refractivity contribution in [2.24, 2.45) is 0 Å². The van der Waals surface area contributed by atoms with Crippen LogP contribution in [0.1, 0.15) is 30.5 Å². The lowest BCUT2D eigenvalue weighted by Crippen LogP contribution is -2.35. The molecule has 0 saturated heterocycles. The Morgan fingerprint density at radius 3 is 2.19 bits per heavy atom. The van der Waals surface area contributed by atoms with Gasteiger partial charge in [-0.1, -0.05) is 42.0 Å². The summed E-state index contributed by atoms with van der Waals surface area (Å²) in [6.07, 6.45) is 0. The number of aryl methyl sites for hydroxylation is 2. The van der Waals surface area contributed by atoms with E-state index in [1.165, 1.54) is 4.90 Å². The van der Waals surface area contributed by atoms with Crippen LogP contribution >= 0.6 is 0 Å². The zero-order valence-electron chi connectivity index (χ0n) is 15.7. The van der Waals surface area contributed by atoms with Crippen LogP contribution in [0.5, 0.6) is 0 Å². The predicted molar refractivity (Wildman–Crippen MR) is 105 cm³/mol. The molecule has 0 aliphatic carbocycles. The minimum absolute atomic E-state index is 0.214. The number of amides is 2. The molecule has 3 rings (SSSR count). The molecule has 4 nitrogen and oxygen atoms in total. The first-order chi connectivity index (χ1) is 12.5. The van der Waals surface area contributed by atoms with Gasteiger partial charge in [0, 0.05) is 18.8 Å². The summed E-state index contributed by atoms with van der Waals surface area (Å²) >= 11 is 0. The predicted octanol–water partition coefficient (Wildman–Crippen LogP) is 3.93. The van der Waals surface area contributed by atoms with Crippen LogP contribution in [0.15, 0.2) is 54.2 Å². The fraction of sp³-hybridized carbons (Fsp3) is 0.273. The van der Waals surface area contributed by atoms with E-state index in [-0.39, 0.29) is 11.8 Å². The quantitative estimate of drug-likeness (QED) is 0.769. The second kappa shape index (κ2) is 7.16. The molecule has 134 valence electrons. The van der Waals surface area contributed by atoms with E-state index in [4.69, 9.17) is 0 Å². The number of anilines is 1. The molecule has 0 aromatic heterocycles. The van der Waals surface area contributed by atoms with Gasteiger partial charge in [-0.2, -0.15) is 0 Å². The summed E-state index contributed by atoms with van der Waals surface area (Å²) in [5.74, 6) is -0.438. The highest BCUT2D eigenvalue weighted by Gasteiger charge is 2.41. The number of hydrogen-bond donors (Lipinski definition) is 0. The van der Waals surface area contributed by atoms with Crippen molar-refractivity contribution in [2.45, 2.75) is 27.7 Å². The fourth-order valence-corrected chi connectivity index (χ4v) is 3.52. The van der Waals surface area contributed by atoms with Crippen molar-refractivity contribution in [2.75, 3.05) is 18.0 Å². The average molecular weight is 348 g/mol. The van der Waals surface area contributed by atoms with Crippen LogP contribution in [0.2, 0.25) is 0 Å². The molecule has 2 aromatic rings. The largest absolute Gasteiger partial charge is 0.337 e. The zero-order valence-corrected chi connectivity index (χ0v) is 15.7. The van der Waals surface area contributed by atoms with Crippen molar-refractivity contribution in [1.82, 2.24) is 4.90 Å². The molecule has 0 unspecified atom stereocenters. The number of benzene rings is 2. The van der Waals surface area contributed by atoms with Gasteiger partial charge in [-0.3, -0.25) is 14.5 Å². The third kappa shape index (κ3) is 2.92. The molecule has 1 aliphatic rings. The highest BCUT2D eigenvalue weighted by molar-refractivity contribution is 6.37. The van der Waals surface area contributed by atoms with Crippen molar-refractivity contribution < 1.29 is 9.59 Å². The summed E-state index contributed by atoms with van der Waals surface area (Å²) in [6, 6.07) is 15.7. The number of para-hydroxylation sites is 1. The van der Waals surface area contributed by atoms with Crippen LogP contribution in [-0.2, 0) is 9.59 Å². The van der Waals surface area contributed by atoms with Gasteiger partial charge in [0.15, 0.2) is 0 Å². The Labute approximate surface area is 154 Å². The standard InChI is InChI=1S/C22H24N2O2/c1-5-23(17-10-8-7-9-11-17)20-19(21(25)24(6-2)22(20)26)18-13-12-15(3)14-16(18)4/h7-14H,5-6H2,1-4H3. The van der Waals surface area contributed by atoms with E-state index in [0.29, 0.717) is 24.4 Å². The van der Waals surface area contributed by atoms with Crippen molar-refractivity contribution in [3.05, 3.63) is 70.9 Å². The normalized spacial score (nSPS) is 14.4. The van der Waals surface area contributed by atoms with Gasteiger partial charge in [0.05, 0.1) is 5.57 Å². The average Bonchev–Trinajstić information content (AvgIpc) is 2.87. The smallest absolute Gasteiger partial charge is 0.278 e. The number of carbonyl (C=O) groups is 2. The van der Waals surface area contributed by atoms with Gasteiger partial charge in [0.25, 0.3) is 11.8 Å². The maximum Gasteiger partial charge on any atom is 0.278 e. The SMILES string of the molecule is CCN1C(=O)C(c2ccc(C)cc2C)=C(N(CC)c2ccccc2)C1=O. The third-order valence-corrected chi connectivity index (χ3v) is 4.77. The van der Waals surface area contributed by atoms with Crippen molar-refractivity contribution in [3.8, 4) is 0 Å². The summed E-state index contributed by atoms with van der Waals surface area (Å²) in [6.45, 7) is 8.79. The lowest BCUT2D eigenvalue weighted by Gasteiger charge is -2.24. The van der Waals surface area contributed by atoms with E-state index in [2.05, 4.69) is 0 Å².